The number of benzene rings is 1. The number of nitrogen functional groups attached to an aromatic ring is 1. The SMILES string of the molecule is COc1cc(C)ccc1[C@@H](CNc1ncc2n(c1=O)[C@H](C(=O)NCc1ccc(N)nc1C)CC2)c1cc(C)cc(C)n1.Cl.Cl.Cl. The maximum Gasteiger partial charge on any atom is 0.294 e. The van der Waals surface area contributed by atoms with E-state index in [1.165, 1.54) is 0 Å². The van der Waals surface area contributed by atoms with E-state index >= 15 is 0 Å². The summed E-state index contributed by atoms with van der Waals surface area (Å²) in [5, 5.41) is 6.25. The highest BCUT2D eigenvalue weighted by molar-refractivity contribution is 5.86. The summed E-state index contributed by atoms with van der Waals surface area (Å²) in [6.45, 7) is 8.54. The lowest BCUT2D eigenvalue weighted by Gasteiger charge is -2.22. The third-order valence-electron chi connectivity index (χ3n) is 7.74. The van der Waals surface area contributed by atoms with Gasteiger partial charge in [0, 0.05) is 47.8 Å². The molecule has 45 heavy (non-hydrogen) atoms. The topological polar surface area (TPSA) is 137 Å². The van der Waals surface area contributed by atoms with Crippen molar-refractivity contribution in [3.05, 3.63) is 104 Å². The fourth-order valence-electron chi connectivity index (χ4n) is 5.64. The number of ether oxygens (including phenoxy) is 1. The van der Waals surface area contributed by atoms with Gasteiger partial charge in [-0.3, -0.25) is 19.1 Å². The number of anilines is 2. The van der Waals surface area contributed by atoms with Crippen molar-refractivity contribution in [2.24, 2.45) is 0 Å². The molecule has 4 N–H and O–H groups in total. The Morgan fingerprint density at radius 3 is 2.49 bits per heavy atom. The van der Waals surface area contributed by atoms with Gasteiger partial charge in [0.2, 0.25) is 5.91 Å². The molecule has 3 aromatic heterocycles. The molecule has 1 aliphatic heterocycles. The summed E-state index contributed by atoms with van der Waals surface area (Å²) in [6, 6.07) is 13.1. The van der Waals surface area contributed by atoms with E-state index in [9.17, 15) is 9.59 Å². The first kappa shape index (κ1) is 37.3. The van der Waals surface area contributed by atoms with Crippen LogP contribution in [0.4, 0.5) is 11.6 Å². The molecule has 0 unspecified atom stereocenters. The Morgan fingerprint density at radius 2 is 1.80 bits per heavy atom. The molecule has 1 aliphatic rings. The molecule has 0 aliphatic carbocycles. The fraction of sp³-hybridized carbons (Fsp3) is 0.344. The van der Waals surface area contributed by atoms with Crippen LogP contribution in [0.2, 0.25) is 0 Å². The Bertz CT molecular complexity index is 1690. The predicted octanol–water partition coefficient (Wildman–Crippen LogP) is 5.17. The first-order valence-electron chi connectivity index (χ1n) is 14.1. The van der Waals surface area contributed by atoms with Crippen molar-refractivity contribution in [1.29, 1.82) is 0 Å². The third-order valence-corrected chi connectivity index (χ3v) is 7.74. The second-order valence-electron chi connectivity index (χ2n) is 10.9. The largest absolute Gasteiger partial charge is 0.496 e. The molecule has 242 valence electrons. The van der Waals surface area contributed by atoms with Crippen LogP contribution >= 0.6 is 37.2 Å². The van der Waals surface area contributed by atoms with Gasteiger partial charge in [0.1, 0.15) is 17.6 Å². The molecular weight excluding hydrogens is 637 g/mol. The zero-order valence-electron chi connectivity index (χ0n) is 25.9. The summed E-state index contributed by atoms with van der Waals surface area (Å²) in [5.74, 6) is 0.949. The zero-order chi connectivity index (χ0) is 30.0. The molecule has 0 fully saturated rings. The van der Waals surface area contributed by atoms with Gasteiger partial charge in [-0.1, -0.05) is 18.2 Å². The van der Waals surface area contributed by atoms with Crippen molar-refractivity contribution in [1.82, 2.24) is 24.8 Å². The molecule has 4 heterocycles. The van der Waals surface area contributed by atoms with Crippen molar-refractivity contribution < 1.29 is 9.53 Å². The Hall–Kier alpha value is -3.86. The van der Waals surface area contributed by atoms with Crippen molar-refractivity contribution >= 4 is 54.8 Å². The van der Waals surface area contributed by atoms with Crippen LogP contribution in [-0.2, 0) is 17.8 Å². The smallest absolute Gasteiger partial charge is 0.294 e. The number of rotatable bonds is 9. The Morgan fingerprint density at radius 1 is 1.04 bits per heavy atom. The number of methoxy groups -OCH3 is 1. The lowest BCUT2D eigenvalue weighted by atomic mass is 9.92. The highest BCUT2D eigenvalue weighted by Crippen LogP contribution is 2.33. The lowest BCUT2D eigenvalue weighted by molar-refractivity contribution is -0.124. The Labute approximate surface area is 281 Å². The quantitative estimate of drug-likeness (QED) is 0.221. The van der Waals surface area contributed by atoms with Crippen LogP contribution in [0.1, 0.15) is 63.4 Å². The van der Waals surface area contributed by atoms with Crippen molar-refractivity contribution in [3.63, 3.8) is 0 Å². The number of aromatic nitrogens is 4. The van der Waals surface area contributed by atoms with Crippen LogP contribution in [0.3, 0.4) is 0 Å². The van der Waals surface area contributed by atoms with Gasteiger partial charge in [0.15, 0.2) is 5.82 Å². The van der Waals surface area contributed by atoms with Gasteiger partial charge in [0.25, 0.3) is 5.56 Å². The van der Waals surface area contributed by atoms with E-state index in [2.05, 4.69) is 26.7 Å². The number of hydrogen-bond donors (Lipinski definition) is 3. The number of halogens is 3. The Kier molecular flexibility index (Phi) is 13.2. The van der Waals surface area contributed by atoms with Crippen molar-refractivity contribution in [3.8, 4) is 5.75 Å². The minimum absolute atomic E-state index is 0. The number of nitrogens with zero attached hydrogens (tertiary/aromatic N) is 4. The molecule has 2 atom stereocenters. The number of nitrogens with one attached hydrogen (secondary N) is 2. The number of pyridine rings is 2. The van der Waals surface area contributed by atoms with E-state index in [0.29, 0.717) is 31.7 Å². The maximum absolute atomic E-state index is 13.7. The average Bonchev–Trinajstić information content (AvgIpc) is 3.39. The second kappa shape index (κ2) is 15.9. The monoisotopic (exact) mass is 675 g/mol. The number of hydrogen-bond acceptors (Lipinski definition) is 8. The van der Waals surface area contributed by atoms with Crippen LogP contribution in [0.5, 0.6) is 5.75 Å². The van der Waals surface area contributed by atoms with E-state index in [1.54, 1.807) is 23.9 Å². The molecule has 5 rings (SSSR count). The highest BCUT2D eigenvalue weighted by atomic mass is 35.5. The molecule has 0 radical (unpaired) electrons. The lowest BCUT2D eigenvalue weighted by Crippen LogP contribution is -2.36. The van der Waals surface area contributed by atoms with Crippen LogP contribution in [-0.4, -0.2) is 39.1 Å². The minimum Gasteiger partial charge on any atom is -0.496 e. The van der Waals surface area contributed by atoms with Crippen LogP contribution in [0.15, 0.2) is 53.5 Å². The molecule has 1 aromatic carbocycles. The van der Waals surface area contributed by atoms with E-state index in [4.69, 9.17) is 15.5 Å². The van der Waals surface area contributed by atoms with E-state index in [1.807, 2.05) is 58.0 Å². The van der Waals surface area contributed by atoms with E-state index < -0.39 is 6.04 Å². The van der Waals surface area contributed by atoms with Crippen LogP contribution < -0.4 is 26.7 Å². The number of nitrogens with two attached hydrogens (primary N) is 1. The fourth-order valence-corrected chi connectivity index (χ4v) is 5.64. The number of carbonyl (C=O) groups excluding carboxylic acids is 1. The normalized spacial score (nSPS) is 13.8. The molecule has 0 saturated heterocycles. The molecule has 1 amide bonds. The summed E-state index contributed by atoms with van der Waals surface area (Å²) in [5.41, 5.74) is 12.7. The molecule has 0 spiro atoms. The Balaban J connectivity index is 0.00000235. The van der Waals surface area contributed by atoms with E-state index in [0.717, 1.165) is 50.8 Å². The van der Waals surface area contributed by atoms with Crippen molar-refractivity contribution in [2.75, 3.05) is 24.7 Å². The number of aryl methyl sites for hydroxylation is 5. The average molecular weight is 677 g/mol. The first-order valence-corrected chi connectivity index (χ1v) is 14.1. The standard InChI is InChI=1S/C32H37N7O3.3ClH/c1-18-6-9-24(28(14-18)42-5)25(26-13-19(2)12-20(3)37-26)17-35-30-32(41)39-23(16-34-30)8-10-27(39)31(40)36-15-22-7-11-29(33)38-21(22)4;;;/h6-7,9,11-14,16,25,27H,8,10,15,17H2,1-5H3,(H2,33,38)(H,34,35)(H,36,40);3*1H/t25-,27+;;;/m1.../s1. The summed E-state index contributed by atoms with van der Waals surface area (Å²) < 4.78 is 7.31. The van der Waals surface area contributed by atoms with Gasteiger partial charge in [-0.15, -0.1) is 37.2 Å². The van der Waals surface area contributed by atoms with Gasteiger partial charge in [-0.25, -0.2) is 9.97 Å². The summed E-state index contributed by atoms with van der Waals surface area (Å²) in [6.07, 6.45) is 2.81. The van der Waals surface area contributed by atoms with Gasteiger partial charge in [-0.2, -0.15) is 0 Å². The second-order valence-corrected chi connectivity index (χ2v) is 10.9. The number of fused-ring (bicyclic) bond motifs is 1. The molecule has 10 nitrogen and oxygen atoms in total. The highest BCUT2D eigenvalue weighted by Gasteiger charge is 2.31. The van der Waals surface area contributed by atoms with Gasteiger partial charge in [-0.05, 0) is 81.5 Å². The van der Waals surface area contributed by atoms with Gasteiger partial charge >= 0.3 is 0 Å². The molecule has 0 saturated carbocycles. The number of carbonyl (C=O) groups is 1. The molecule has 4 aromatic rings. The summed E-state index contributed by atoms with van der Waals surface area (Å²) in [4.78, 5) is 40.5. The predicted molar refractivity (Wildman–Crippen MR) is 185 cm³/mol. The molecular formula is C32H40Cl3N7O3. The van der Waals surface area contributed by atoms with Gasteiger partial charge < -0.3 is 21.1 Å². The molecule has 0 bridgehead atoms. The number of amides is 1. The van der Waals surface area contributed by atoms with Gasteiger partial charge in [0.05, 0.1) is 12.8 Å². The summed E-state index contributed by atoms with van der Waals surface area (Å²) in [7, 11) is 1.66. The van der Waals surface area contributed by atoms with Crippen LogP contribution in [0, 0.1) is 27.7 Å². The van der Waals surface area contributed by atoms with Crippen molar-refractivity contribution in [2.45, 2.75) is 59.0 Å². The molecule has 13 heteroatoms. The maximum atomic E-state index is 13.7. The first-order chi connectivity index (χ1) is 20.1. The third kappa shape index (κ3) is 8.25. The van der Waals surface area contributed by atoms with E-state index in [-0.39, 0.29) is 60.4 Å². The summed E-state index contributed by atoms with van der Waals surface area (Å²) >= 11 is 0. The van der Waals surface area contributed by atoms with Crippen LogP contribution in [0.25, 0.3) is 0 Å². The zero-order valence-corrected chi connectivity index (χ0v) is 28.4. The minimum atomic E-state index is -0.618.